The van der Waals surface area contributed by atoms with Gasteiger partial charge in [0.1, 0.15) is 0 Å². The predicted molar refractivity (Wildman–Crippen MR) is 66.6 cm³/mol. The number of amides is 1. The van der Waals surface area contributed by atoms with Crippen LogP contribution in [0.25, 0.3) is 0 Å². The van der Waals surface area contributed by atoms with Gasteiger partial charge in [-0.3, -0.25) is 9.78 Å². The molecular formula is C13H19N3O. The molecule has 0 aromatic carbocycles. The lowest BCUT2D eigenvalue weighted by Crippen LogP contribution is -2.44. The molecule has 0 radical (unpaired) electrons. The van der Waals surface area contributed by atoms with Gasteiger partial charge in [-0.25, -0.2) is 0 Å². The highest BCUT2D eigenvalue weighted by Gasteiger charge is 2.21. The molecular weight excluding hydrogens is 214 g/mol. The maximum Gasteiger partial charge on any atom is 0.228 e. The minimum absolute atomic E-state index is 0.163. The summed E-state index contributed by atoms with van der Waals surface area (Å²) in [6.45, 7) is 2.01. The summed E-state index contributed by atoms with van der Waals surface area (Å²) >= 11 is 0. The van der Waals surface area contributed by atoms with Gasteiger partial charge >= 0.3 is 0 Å². The molecule has 0 saturated carbocycles. The van der Waals surface area contributed by atoms with Crippen molar-refractivity contribution >= 4 is 5.91 Å². The van der Waals surface area contributed by atoms with Crippen molar-refractivity contribution in [3.8, 4) is 0 Å². The number of aromatic nitrogens is 1. The lowest BCUT2D eigenvalue weighted by molar-refractivity contribution is -0.131. The molecule has 92 valence electrons. The predicted octanol–water partition coefficient (Wildman–Crippen LogP) is 0.834. The van der Waals surface area contributed by atoms with Gasteiger partial charge in [-0.05, 0) is 38.1 Å². The summed E-state index contributed by atoms with van der Waals surface area (Å²) in [6.07, 6.45) is 4.23. The molecule has 0 aliphatic carbocycles. The van der Waals surface area contributed by atoms with E-state index in [1.165, 1.54) is 0 Å². The standard InChI is InChI=1S/C13H19N3O/c1-16(12-5-8-14-9-6-12)13(17)10-11-4-2-3-7-15-11/h2-4,7,12,14H,5-6,8-10H2,1H3. The van der Waals surface area contributed by atoms with Gasteiger partial charge in [0.15, 0.2) is 0 Å². The van der Waals surface area contributed by atoms with E-state index in [4.69, 9.17) is 0 Å². The average molecular weight is 233 g/mol. The smallest absolute Gasteiger partial charge is 0.228 e. The van der Waals surface area contributed by atoms with Crippen LogP contribution in [-0.2, 0) is 11.2 Å². The van der Waals surface area contributed by atoms with Gasteiger partial charge in [-0.1, -0.05) is 6.07 Å². The number of nitrogens with zero attached hydrogens (tertiary/aromatic N) is 2. The normalized spacial score (nSPS) is 16.8. The van der Waals surface area contributed by atoms with Crippen LogP contribution in [0.3, 0.4) is 0 Å². The van der Waals surface area contributed by atoms with E-state index in [2.05, 4.69) is 10.3 Å². The zero-order valence-electron chi connectivity index (χ0n) is 10.2. The van der Waals surface area contributed by atoms with E-state index < -0.39 is 0 Å². The minimum Gasteiger partial charge on any atom is -0.342 e. The Morgan fingerprint density at radius 2 is 2.24 bits per heavy atom. The molecule has 1 aliphatic heterocycles. The number of carbonyl (C=O) groups excluding carboxylic acids is 1. The summed E-state index contributed by atoms with van der Waals surface area (Å²) < 4.78 is 0. The van der Waals surface area contributed by atoms with Crippen LogP contribution in [0.4, 0.5) is 0 Å². The third-order valence-electron chi connectivity index (χ3n) is 3.31. The fourth-order valence-electron chi connectivity index (χ4n) is 2.18. The van der Waals surface area contributed by atoms with Crippen molar-refractivity contribution in [3.05, 3.63) is 30.1 Å². The second-order valence-electron chi connectivity index (χ2n) is 4.48. The Morgan fingerprint density at radius 3 is 2.88 bits per heavy atom. The van der Waals surface area contributed by atoms with Crippen LogP contribution in [0.2, 0.25) is 0 Å². The first kappa shape index (κ1) is 12.0. The molecule has 17 heavy (non-hydrogen) atoms. The molecule has 2 heterocycles. The van der Waals surface area contributed by atoms with Crippen LogP contribution in [0.1, 0.15) is 18.5 Å². The number of likely N-dealkylation sites (N-methyl/N-ethyl adjacent to an activating group) is 1. The van der Waals surface area contributed by atoms with Crippen LogP contribution in [0.5, 0.6) is 0 Å². The van der Waals surface area contributed by atoms with Crippen LogP contribution in [0.15, 0.2) is 24.4 Å². The lowest BCUT2D eigenvalue weighted by Gasteiger charge is -2.31. The second-order valence-corrected chi connectivity index (χ2v) is 4.48. The van der Waals surface area contributed by atoms with Crippen molar-refractivity contribution in [2.45, 2.75) is 25.3 Å². The van der Waals surface area contributed by atoms with Crippen molar-refractivity contribution in [1.82, 2.24) is 15.2 Å². The summed E-state index contributed by atoms with van der Waals surface area (Å²) in [4.78, 5) is 18.1. The van der Waals surface area contributed by atoms with Gasteiger partial charge in [0.05, 0.1) is 6.42 Å². The van der Waals surface area contributed by atoms with Crippen molar-refractivity contribution in [3.63, 3.8) is 0 Å². The SMILES string of the molecule is CN(C(=O)Cc1ccccn1)C1CCNCC1. The average Bonchev–Trinajstić information content (AvgIpc) is 2.40. The topological polar surface area (TPSA) is 45.2 Å². The van der Waals surface area contributed by atoms with Crippen molar-refractivity contribution < 1.29 is 4.79 Å². The van der Waals surface area contributed by atoms with Gasteiger partial charge in [-0.2, -0.15) is 0 Å². The van der Waals surface area contributed by atoms with Gasteiger partial charge < -0.3 is 10.2 Å². The molecule has 1 aliphatic rings. The molecule has 4 heteroatoms. The van der Waals surface area contributed by atoms with E-state index in [-0.39, 0.29) is 5.91 Å². The summed E-state index contributed by atoms with van der Waals surface area (Å²) in [5, 5.41) is 3.31. The number of hydrogen-bond acceptors (Lipinski definition) is 3. The molecule has 1 aromatic heterocycles. The number of piperidine rings is 1. The number of pyridine rings is 1. The first-order valence-corrected chi connectivity index (χ1v) is 6.13. The summed E-state index contributed by atoms with van der Waals surface area (Å²) in [5.41, 5.74) is 0.846. The molecule has 4 nitrogen and oxygen atoms in total. The molecule has 1 fully saturated rings. The number of rotatable bonds is 3. The molecule has 2 rings (SSSR count). The first-order valence-electron chi connectivity index (χ1n) is 6.13. The first-order chi connectivity index (χ1) is 8.27. The monoisotopic (exact) mass is 233 g/mol. The van der Waals surface area contributed by atoms with Gasteiger partial charge in [-0.15, -0.1) is 0 Å². The highest BCUT2D eigenvalue weighted by molar-refractivity contribution is 5.78. The van der Waals surface area contributed by atoms with Gasteiger partial charge in [0, 0.05) is 25.0 Å². The van der Waals surface area contributed by atoms with Crippen LogP contribution >= 0.6 is 0 Å². The molecule has 1 N–H and O–H groups in total. The molecule has 1 amide bonds. The van der Waals surface area contributed by atoms with E-state index in [0.717, 1.165) is 31.6 Å². The third-order valence-corrected chi connectivity index (χ3v) is 3.31. The number of hydrogen-bond donors (Lipinski definition) is 1. The van der Waals surface area contributed by atoms with E-state index in [0.29, 0.717) is 12.5 Å². The van der Waals surface area contributed by atoms with Crippen molar-refractivity contribution in [2.24, 2.45) is 0 Å². The molecule has 0 unspecified atom stereocenters. The second kappa shape index (κ2) is 5.77. The maximum atomic E-state index is 12.1. The highest BCUT2D eigenvalue weighted by atomic mass is 16.2. The zero-order valence-corrected chi connectivity index (χ0v) is 10.2. The Balaban J connectivity index is 1.90. The maximum absolute atomic E-state index is 12.1. The van der Waals surface area contributed by atoms with E-state index >= 15 is 0 Å². The van der Waals surface area contributed by atoms with E-state index in [9.17, 15) is 4.79 Å². The molecule has 0 bridgehead atoms. The fourth-order valence-corrected chi connectivity index (χ4v) is 2.18. The summed E-state index contributed by atoms with van der Waals surface area (Å²) in [5.74, 6) is 0.163. The Hall–Kier alpha value is -1.42. The Labute approximate surface area is 102 Å². The third kappa shape index (κ3) is 3.27. The van der Waals surface area contributed by atoms with Crippen LogP contribution in [-0.4, -0.2) is 42.0 Å². The quantitative estimate of drug-likeness (QED) is 0.841. The molecule has 1 aromatic rings. The van der Waals surface area contributed by atoms with Gasteiger partial charge in [0.2, 0.25) is 5.91 Å². The zero-order chi connectivity index (χ0) is 12.1. The number of nitrogens with one attached hydrogen (secondary N) is 1. The van der Waals surface area contributed by atoms with E-state index in [1.807, 2.05) is 30.1 Å². The molecule has 0 spiro atoms. The summed E-state index contributed by atoms with van der Waals surface area (Å²) in [7, 11) is 1.90. The summed E-state index contributed by atoms with van der Waals surface area (Å²) in [6, 6.07) is 6.06. The minimum atomic E-state index is 0.163. The largest absolute Gasteiger partial charge is 0.342 e. The molecule has 0 atom stereocenters. The van der Waals surface area contributed by atoms with Crippen molar-refractivity contribution in [1.29, 1.82) is 0 Å². The van der Waals surface area contributed by atoms with Crippen LogP contribution in [0, 0.1) is 0 Å². The fraction of sp³-hybridized carbons (Fsp3) is 0.538. The Bertz CT molecular complexity index is 360. The van der Waals surface area contributed by atoms with Crippen molar-refractivity contribution in [2.75, 3.05) is 20.1 Å². The lowest BCUT2D eigenvalue weighted by atomic mass is 10.0. The Morgan fingerprint density at radius 1 is 1.47 bits per heavy atom. The Kier molecular flexibility index (Phi) is 4.09. The highest BCUT2D eigenvalue weighted by Crippen LogP contribution is 2.11. The van der Waals surface area contributed by atoms with Gasteiger partial charge in [0.25, 0.3) is 0 Å². The van der Waals surface area contributed by atoms with E-state index in [1.54, 1.807) is 6.20 Å². The number of carbonyl (C=O) groups is 1. The molecule has 1 saturated heterocycles. The van der Waals surface area contributed by atoms with Crippen LogP contribution < -0.4 is 5.32 Å².